The van der Waals surface area contributed by atoms with Crippen LogP contribution in [-0.2, 0) is 0 Å². The fourth-order valence-corrected chi connectivity index (χ4v) is 1.66. The number of hydrogen-bond donors (Lipinski definition) is 1. The topological polar surface area (TPSA) is 37.8 Å². The molecule has 0 aliphatic rings. The van der Waals surface area contributed by atoms with Gasteiger partial charge >= 0.3 is 0 Å². The van der Waals surface area contributed by atoms with Gasteiger partial charge in [-0.3, -0.25) is 9.89 Å². The van der Waals surface area contributed by atoms with Crippen molar-refractivity contribution in [2.75, 3.05) is 0 Å². The standard InChI is InChI=1S/C12H13N2O/c1-3-11-9(2)13-14(12(11)15)10-7-5-4-6-8-10/h3-8,13H,1-2H3. The number of aryl methyl sites for hydroxylation is 1. The highest BCUT2D eigenvalue weighted by atomic mass is 16.1. The molecular weight excluding hydrogens is 188 g/mol. The Hall–Kier alpha value is -1.77. The highest BCUT2D eigenvalue weighted by Crippen LogP contribution is 2.07. The van der Waals surface area contributed by atoms with Gasteiger partial charge in [-0.2, -0.15) is 0 Å². The van der Waals surface area contributed by atoms with Crippen molar-refractivity contribution in [1.29, 1.82) is 0 Å². The molecule has 1 N–H and O–H groups in total. The van der Waals surface area contributed by atoms with Gasteiger partial charge in [0.1, 0.15) is 0 Å². The van der Waals surface area contributed by atoms with Gasteiger partial charge in [-0.05, 0) is 25.5 Å². The van der Waals surface area contributed by atoms with Crippen molar-refractivity contribution in [3.8, 4) is 5.69 Å². The molecule has 2 rings (SSSR count). The maximum absolute atomic E-state index is 11.9. The molecule has 1 heterocycles. The third-order valence-electron chi connectivity index (χ3n) is 2.42. The number of nitrogens with zero attached hydrogens (tertiary/aromatic N) is 1. The predicted octanol–water partition coefficient (Wildman–Crippen LogP) is 2.05. The van der Waals surface area contributed by atoms with Crippen LogP contribution in [0.3, 0.4) is 0 Å². The summed E-state index contributed by atoms with van der Waals surface area (Å²) in [6.45, 7) is 3.77. The molecule has 0 bridgehead atoms. The Morgan fingerprint density at radius 2 is 1.93 bits per heavy atom. The zero-order chi connectivity index (χ0) is 10.8. The minimum Gasteiger partial charge on any atom is -0.295 e. The van der Waals surface area contributed by atoms with E-state index in [1.807, 2.05) is 50.6 Å². The SMILES string of the molecule is C[CH]c1c(C)[nH]n(-c2ccccc2)c1=O. The van der Waals surface area contributed by atoms with Gasteiger partial charge in [0.2, 0.25) is 0 Å². The van der Waals surface area contributed by atoms with Crippen LogP contribution in [0.4, 0.5) is 0 Å². The zero-order valence-electron chi connectivity index (χ0n) is 8.82. The first-order valence-corrected chi connectivity index (χ1v) is 4.90. The summed E-state index contributed by atoms with van der Waals surface area (Å²) in [6, 6.07) is 9.55. The zero-order valence-corrected chi connectivity index (χ0v) is 8.82. The van der Waals surface area contributed by atoms with Crippen molar-refractivity contribution in [2.45, 2.75) is 13.8 Å². The molecule has 2 aromatic rings. The van der Waals surface area contributed by atoms with Crippen LogP contribution in [0.2, 0.25) is 0 Å². The molecule has 77 valence electrons. The van der Waals surface area contributed by atoms with E-state index < -0.39 is 0 Å². The number of aromatic amines is 1. The van der Waals surface area contributed by atoms with Crippen LogP contribution in [0, 0.1) is 13.3 Å². The molecule has 0 amide bonds. The van der Waals surface area contributed by atoms with Crippen LogP contribution in [-0.4, -0.2) is 9.78 Å². The summed E-state index contributed by atoms with van der Waals surface area (Å²) in [4.78, 5) is 11.9. The van der Waals surface area contributed by atoms with Crippen LogP contribution in [0.25, 0.3) is 5.69 Å². The minimum atomic E-state index is 0.00111. The first-order chi connectivity index (χ1) is 7.24. The quantitative estimate of drug-likeness (QED) is 0.793. The number of benzene rings is 1. The summed E-state index contributed by atoms with van der Waals surface area (Å²) >= 11 is 0. The summed E-state index contributed by atoms with van der Waals surface area (Å²) in [6.07, 6.45) is 1.83. The molecule has 0 aliphatic carbocycles. The molecule has 0 fully saturated rings. The Labute approximate surface area is 88.4 Å². The second-order valence-corrected chi connectivity index (χ2v) is 3.42. The highest BCUT2D eigenvalue weighted by Gasteiger charge is 2.09. The molecule has 1 aromatic heterocycles. The normalized spacial score (nSPS) is 10.5. The lowest BCUT2D eigenvalue weighted by molar-refractivity contribution is 0.835. The smallest absolute Gasteiger partial charge is 0.274 e. The first kappa shape index (κ1) is 9.77. The van der Waals surface area contributed by atoms with Crippen molar-refractivity contribution in [3.05, 3.63) is 58.4 Å². The molecule has 0 atom stereocenters. The number of rotatable bonds is 2. The largest absolute Gasteiger partial charge is 0.295 e. The van der Waals surface area contributed by atoms with Gasteiger partial charge < -0.3 is 0 Å². The van der Waals surface area contributed by atoms with E-state index >= 15 is 0 Å². The van der Waals surface area contributed by atoms with Gasteiger partial charge in [-0.15, -0.1) is 0 Å². The summed E-state index contributed by atoms with van der Waals surface area (Å²) in [5.74, 6) is 0. The van der Waals surface area contributed by atoms with E-state index in [4.69, 9.17) is 0 Å². The van der Waals surface area contributed by atoms with Crippen molar-refractivity contribution < 1.29 is 0 Å². The molecule has 0 spiro atoms. The third-order valence-corrected chi connectivity index (χ3v) is 2.42. The van der Waals surface area contributed by atoms with E-state index in [0.717, 1.165) is 16.9 Å². The fourth-order valence-electron chi connectivity index (χ4n) is 1.66. The lowest BCUT2D eigenvalue weighted by atomic mass is 10.2. The van der Waals surface area contributed by atoms with Gasteiger partial charge in [-0.25, -0.2) is 4.68 Å². The van der Waals surface area contributed by atoms with Crippen molar-refractivity contribution in [3.63, 3.8) is 0 Å². The average molecular weight is 201 g/mol. The Balaban J connectivity index is 2.61. The first-order valence-electron chi connectivity index (χ1n) is 4.90. The van der Waals surface area contributed by atoms with Gasteiger partial charge in [-0.1, -0.05) is 25.1 Å². The second-order valence-electron chi connectivity index (χ2n) is 3.42. The monoisotopic (exact) mass is 201 g/mol. The second kappa shape index (κ2) is 3.77. The van der Waals surface area contributed by atoms with E-state index in [-0.39, 0.29) is 5.56 Å². The molecule has 0 saturated heterocycles. The highest BCUT2D eigenvalue weighted by molar-refractivity contribution is 5.34. The number of nitrogens with one attached hydrogen (secondary N) is 1. The van der Waals surface area contributed by atoms with E-state index in [1.165, 1.54) is 0 Å². The van der Waals surface area contributed by atoms with Gasteiger partial charge in [0.25, 0.3) is 5.56 Å². The van der Waals surface area contributed by atoms with Crippen LogP contribution in [0.1, 0.15) is 18.2 Å². The third kappa shape index (κ3) is 1.61. The van der Waals surface area contributed by atoms with E-state index in [0.29, 0.717) is 0 Å². The van der Waals surface area contributed by atoms with Crippen LogP contribution < -0.4 is 5.56 Å². The summed E-state index contributed by atoms with van der Waals surface area (Å²) in [5.41, 5.74) is 2.49. The number of H-pyrrole nitrogens is 1. The van der Waals surface area contributed by atoms with Crippen molar-refractivity contribution >= 4 is 0 Å². The maximum Gasteiger partial charge on any atom is 0.274 e. The Morgan fingerprint density at radius 1 is 1.27 bits per heavy atom. The fraction of sp³-hybridized carbons (Fsp3) is 0.167. The number of para-hydroxylation sites is 1. The molecule has 1 aromatic carbocycles. The van der Waals surface area contributed by atoms with E-state index in [1.54, 1.807) is 4.68 Å². The number of hydrogen-bond acceptors (Lipinski definition) is 1. The molecule has 0 unspecified atom stereocenters. The van der Waals surface area contributed by atoms with Crippen molar-refractivity contribution in [1.82, 2.24) is 9.78 Å². The summed E-state index contributed by atoms with van der Waals surface area (Å²) in [5, 5.41) is 3.05. The molecule has 0 saturated carbocycles. The van der Waals surface area contributed by atoms with Crippen LogP contribution >= 0.6 is 0 Å². The molecule has 1 radical (unpaired) electrons. The molecule has 3 heteroatoms. The molecule has 15 heavy (non-hydrogen) atoms. The van der Waals surface area contributed by atoms with Gasteiger partial charge in [0, 0.05) is 11.3 Å². The van der Waals surface area contributed by atoms with Gasteiger partial charge in [0.15, 0.2) is 0 Å². The van der Waals surface area contributed by atoms with E-state index in [2.05, 4.69) is 5.10 Å². The molecular formula is C12H13N2O. The summed E-state index contributed by atoms with van der Waals surface area (Å²) in [7, 11) is 0. The molecule has 3 nitrogen and oxygen atoms in total. The van der Waals surface area contributed by atoms with Crippen LogP contribution in [0.15, 0.2) is 35.1 Å². The Kier molecular flexibility index (Phi) is 2.46. The van der Waals surface area contributed by atoms with Gasteiger partial charge in [0.05, 0.1) is 5.69 Å². The lowest BCUT2D eigenvalue weighted by Crippen LogP contribution is -2.16. The van der Waals surface area contributed by atoms with Crippen molar-refractivity contribution in [2.24, 2.45) is 0 Å². The lowest BCUT2D eigenvalue weighted by Gasteiger charge is -1.99. The van der Waals surface area contributed by atoms with E-state index in [9.17, 15) is 4.79 Å². The maximum atomic E-state index is 11.9. The predicted molar refractivity (Wildman–Crippen MR) is 60.2 cm³/mol. The Bertz CT molecular complexity index is 508. The number of aromatic nitrogens is 2. The van der Waals surface area contributed by atoms with Crippen LogP contribution in [0.5, 0.6) is 0 Å². The molecule has 0 aliphatic heterocycles. The average Bonchev–Trinajstić information content (AvgIpc) is 2.55. The summed E-state index contributed by atoms with van der Waals surface area (Å²) < 4.78 is 1.56. The minimum absolute atomic E-state index is 0.00111. The Morgan fingerprint density at radius 3 is 2.47 bits per heavy atom.